The number of hydrogen-bond acceptors (Lipinski definition) is 4. The van der Waals surface area contributed by atoms with Gasteiger partial charge in [-0.3, -0.25) is 14.4 Å². The van der Waals surface area contributed by atoms with E-state index in [9.17, 15) is 14.4 Å². The minimum Gasteiger partial charge on any atom is -0.456 e. The third kappa shape index (κ3) is 7.78. The first kappa shape index (κ1) is 22.1. The first-order valence-electron chi connectivity index (χ1n) is 9.79. The molecule has 2 rings (SSSR count). The Labute approximate surface area is 171 Å². The van der Waals surface area contributed by atoms with Crippen LogP contribution in [0.25, 0.3) is 0 Å². The van der Waals surface area contributed by atoms with Crippen molar-refractivity contribution >= 4 is 29.2 Å². The summed E-state index contributed by atoms with van der Waals surface area (Å²) in [7, 11) is 0. The van der Waals surface area contributed by atoms with Crippen LogP contribution in [0.2, 0.25) is 0 Å². The van der Waals surface area contributed by atoms with Gasteiger partial charge in [-0.2, -0.15) is 0 Å². The van der Waals surface area contributed by atoms with E-state index in [1.165, 1.54) is 0 Å². The Kier molecular flexibility index (Phi) is 8.40. The Balaban J connectivity index is 1.67. The molecule has 0 aliphatic heterocycles. The van der Waals surface area contributed by atoms with Crippen LogP contribution in [0.5, 0.6) is 0 Å². The highest BCUT2D eigenvalue weighted by molar-refractivity contribution is 5.93. The van der Waals surface area contributed by atoms with Crippen LogP contribution in [0, 0.1) is 13.8 Å². The summed E-state index contributed by atoms with van der Waals surface area (Å²) in [6.07, 6.45) is 1.48. The van der Waals surface area contributed by atoms with Crippen molar-refractivity contribution in [2.75, 3.05) is 17.2 Å². The van der Waals surface area contributed by atoms with Crippen molar-refractivity contribution < 1.29 is 19.1 Å². The highest BCUT2D eigenvalue weighted by Crippen LogP contribution is 2.16. The number of rotatable bonds is 9. The van der Waals surface area contributed by atoms with Gasteiger partial charge in [-0.15, -0.1) is 0 Å². The van der Waals surface area contributed by atoms with Crippen molar-refractivity contribution in [2.45, 2.75) is 46.5 Å². The zero-order chi connectivity index (χ0) is 21.2. The van der Waals surface area contributed by atoms with Gasteiger partial charge < -0.3 is 15.4 Å². The maximum Gasteiger partial charge on any atom is 0.306 e. The number of aryl methyl sites for hydroxylation is 3. The Morgan fingerprint density at radius 3 is 2.28 bits per heavy atom. The fraction of sp³-hybridized carbons (Fsp3) is 0.348. The van der Waals surface area contributed by atoms with E-state index in [-0.39, 0.29) is 25.4 Å². The molecule has 0 heterocycles. The molecule has 0 saturated heterocycles. The highest BCUT2D eigenvalue weighted by Gasteiger charge is 2.11. The average Bonchev–Trinajstić information content (AvgIpc) is 2.66. The molecule has 0 radical (unpaired) electrons. The lowest BCUT2D eigenvalue weighted by Gasteiger charge is -2.10. The van der Waals surface area contributed by atoms with Gasteiger partial charge in [-0.05, 0) is 61.6 Å². The molecule has 2 amide bonds. The highest BCUT2D eigenvalue weighted by atomic mass is 16.5. The topological polar surface area (TPSA) is 84.5 Å². The van der Waals surface area contributed by atoms with Gasteiger partial charge in [-0.25, -0.2) is 0 Å². The van der Waals surface area contributed by atoms with Gasteiger partial charge in [0.15, 0.2) is 6.61 Å². The van der Waals surface area contributed by atoms with Crippen LogP contribution in [0.4, 0.5) is 11.4 Å². The van der Waals surface area contributed by atoms with Crippen molar-refractivity contribution in [3.8, 4) is 0 Å². The molecule has 0 saturated carbocycles. The summed E-state index contributed by atoms with van der Waals surface area (Å²) >= 11 is 0. The number of esters is 1. The van der Waals surface area contributed by atoms with Crippen LogP contribution < -0.4 is 10.6 Å². The summed E-state index contributed by atoms with van der Waals surface area (Å²) in [5, 5.41) is 5.58. The molecule has 0 aliphatic rings. The van der Waals surface area contributed by atoms with Gasteiger partial charge in [0.25, 0.3) is 5.91 Å². The quantitative estimate of drug-likeness (QED) is 0.624. The van der Waals surface area contributed by atoms with E-state index in [0.717, 1.165) is 28.8 Å². The summed E-state index contributed by atoms with van der Waals surface area (Å²) in [6, 6.07) is 13.3. The first-order valence-corrected chi connectivity index (χ1v) is 9.79. The molecular weight excluding hydrogens is 368 g/mol. The van der Waals surface area contributed by atoms with Crippen LogP contribution in [-0.4, -0.2) is 24.4 Å². The summed E-state index contributed by atoms with van der Waals surface area (Å²) in [5.41, 5.74) is 4.61. The molecule has 0 atom stereocenters. The average molecular weight is 396 g/mol. The maximum atomic E-state index is 12.1. The first-order chi connectivity index (χ1) is 13.9. The summed E-state index contributed by atoms with van der Waals surface area (Å²) in [6.45, 7) is 5.57. The molecule has 6 heteroatoms. The molecule has 6 nitrogen and oxygen atoms in total. The number of carbonyl (C=O) groups is 3. The number of nitrogens with one attached hydrogen (secondary N) is 2. The smallest absolute Gasteiger partial charge is 0.306 e. The summed E-state index contributed by atoms with van der Waals surface area (Å²) in [5.74, 6) is -1.04. The van der Waals surface area contributed by atoms with Crippen molar-refractivity contribution in [2.24, 2.45) is 0 Å². The third-order valence-corrected chi connectivity index (χ3v) is 4.33. The number of hydrogen-bond donors (Lipinski definition) is 2. The molecule has 0 aliphatic carbocycles. The molecule has 154 valence electrons. The Morgan fingerprint density at radius 2 is 1.59 bits per heavy atom. The van der Waals surface area contributed by atoms with Gasteiger partial charge in [0.2, 0.25) is 5.91 Å². The predicted molar refractivity (Wildman–Crippen MR) is 114 cm³/mol. The van der Waals surface area contributed by atoms with E-state index in [1.54, 1.807) is 0 Å². The molecule has 0 spiro atoms. The van der Waals surface area contributed by atoms with E-state index in [4.69, 9.17) is 4.74 Å². The minimum absolute atomic E-state index is 0.0830. The zero-order valence-electron chi connectivity index (χ0n) is 17.2. The minimum atomic E-state index is -0.498. The van der Waals surface area contributed by atoms with Gasteiger partial charge >= 0.3 is 5.97 Å². The van der Waals surface area contributed by atoms with Crippen LogP contribution in [0.3, 0.4) is 0 Å². The van der Waals surface area contributed by atoms with Crippen molar-refractivity contribution in [3.05, 3.63) is 59.2 Å². The second-order valence-electron chi connectivity index (χ2n) is 7.00. The molecule has 29 heavy (non-hydrogen) atoms. The van der Waals surface area contributed by atoms with E-state index in [2.05, 4.69) is 10.6 Å². The van der Waals surface area contributed by atoms with Gasteiger partial charge in [0, 0.05) is 24.2 Å². The predicted octanol–water partition coefficient (Wildman–Crippen LogP) is 4.16. The van der Waals surface area contributed by atoms with Gasteiger partial charge in [0.1, 0.15) is 0 Å². The molecule has 2 aromatic carbocycles. The van der Waals surface area contributed by atoms with Gasteiger partial charge in [0.05, 0.1) is 0 Å². The standard InChI is InChI=1S/C23H28N2O4/c1-4-18-8-5-6-9-20(18)25-21(26)10-7-11-23(28)29-15-22(27)24-19-13-16(2)12-17(3)14-19/h5-6,8-9,12-14H,4,7,10-11,15H2,1-3H3,(H,24,27)(H,25,26). The summed E-state index contributed by atoms with van der Waals surface area (Å²) in [4.78, 5) is 35.8. The van der Waals surface area contributed by atoms with Crippen molar-refractivity contribution in [3.63, 3.8) is 0 Å². The number of para-hydroxylation sites is 1. The molecule has 0 unspecified atom stereocenters. The lowest BCUT2D eigenvalue weighted by atomic mass is 10.1. The Bertz CT molecular complexity index is 857. The molecule has 0 fully saturated rings. The van der Waals surface area contributed by atoms with Crippen LogP contribution >= 0.6 is 0 Å². The van der Waals surface area contributed by atoms with Crippen LogP contribution in [-0.2, 0) is 25.5 Å². The van der Waals surface area contributed by atoms with E-state index < -0.39 is 11.9 Å². The fourth-order valence-corrected chi connectivity index (χ4v) is 3.02. The molecule has 0 aromatic heterocycles. The van der Waals surface area contributed by atoms with Crippen molar-refractivity contribution in [1.82, 2.24) is 0 Å². The van der Waals surface area contributed by atoms with E-state index >= 15 is 0 Å². The normalized spacial score (nSPS) is 10.3. The SMILES string of the molecule is CCc1ccccc1NC(=O)CCCC(=O)OCC(=O)Nc1cc(C)cc(C)c1. The lowest BCUT2D eigenvalue weighted by Crippen LogP contribution is -2.21. The number of benzene rings is 2. The van der Waals surface area contributed by atoms with Crippen molar-refractivity contribution in [1.29, 1.82) is 0 Å². The summed E-state index contributed by atoms with van der Waals surface area (Å²) < 4.78 is 4.99. The molecular formula is C23H28N2O4. The molecule has 2 N–H and O–H groups in total. The van der Waals surface area contributed by atoms with Gasteiger partial charge in [-0.1, -0.05) is 31.2 Å². The largest absolute Gasteiger partial charge is 0.456 e. The number of carbonyl (C=O) groups excluding carboxylic acids is 3. The fourth-order valence-electron chi connectivity index (χ4n) is 3.02. The third-order valence-electron chi connectivity index (χ3n) is 4.33. The second-order valence-corrected chi connectivity index (χ2v) is 7.00. The van der Waals surface area contributed by atoms with Crippen LogP contribution in [0.15, 0.2) is 42.5 Å². The van der Waals surface area contributed by atoms with Crippen LogP contribution in [0.1, 0.15) is 42.9 Å². The molecule has 2 aromatic rings. The maximum absolute atomic E-state index is 12.1. The Hall–Kier alpha value is -3.15. The van der Waals surface area contributed by atoms with E-state index in [0.29, 0.717) is 12.1 Å². The molecule has 0 bridgehead atoms. The monoisotopic (exact) mass is 396 g/mol. The Morgan fingerprint density at radius 1 is 0.897 bits per heavy atom. The van der Waals surface area contributed by atoms with E-state index in [1.807, 2.05) is 63.2 Å². The number of ether oxygens (including phenoxy) is 1. The number of amides is 2. The zero-order valence-corrected chi connectivity index (χ0v) is 17.2. The number of anilines is 2. The lowest BCUT2D eigenvalue weighted by molar-refractivity contribution is -0.147. The second kappa shape index (κ2) is 11.0.